The molecule has 1 atom stereocenters. The van der Waals surface area contributed by atoms with Crippen LogP contribution in [-0.2, 0) is 0 Å². The van der Waals surface area contributed by atoms with Crippen molar-refractivity contribution in [2.75, 3.05) is 6.26 Å². The molecule has 3 N–H and O–H groups in total. The fraction of sp³-hybridized carbons (Fsp3) is 0.455. The number of rotatable bonds is 3. The molecule has 1 saturated carbocycles. The van der Waals surface area contributed by atoms with Crippen LogP contribution in [0.1, 0.15) is 24.4 Å². The van der Waals surface area contributed by atoms with Gasteiger partial charge >= 0.3 is 0 Å². The van der Waals surface area contributed by atoms with Crippen molar-refractivity contribution in [1.29, 1.82) is 0 Å². The Hall–Kier alpha value is -0.670. The third-order valence-electron chi connectivity index (χ3n) is 2.74. The van der Waals surface area contributed by atoms with Gasteiger partial charge in [0.25, 0.3) is 0 Å². The van der Waals surface area contributed by atoms with Crippen molar-refractivity contribution >= 4 is 11.8 Å². The molecule has 0 saturated heterocycles. The van der Waals surface area contributed by atoms with E-state index in [9.17, 15) is 5.11 Å². The van der Waals surface area contributed by atoms with Crippen molar-refractivity contribution in [1.82, 2.24) is 0 Å². The van der Waals surface area contributed by atoms with Gasteiger partial charge in [-0.2, -0.15) is 0 Å². The molecule has 76 valence electrons. The topological polar surface area (TPSA) is 46.2 Å². The molecule has 1 aliphatic rings. The highest BCUT2D eigenvalue weighted by atomic mass is 32.2. The molecular formula is C11H15NOS. The van der Waals surface area contributed by atoms with Gasteiger partial charge < -0.3 is 10.8 Å². The summed E-state index contributed by atoms with van der Waals surface area (Å²) in [4.78, 5) is 0.915. The minimum atomic E-state index is 0.0158. The van der Waals surface area contributed by atoms with Crippen molar-refractivity contribution in [2.45, 2.75) is 23.8 Å². The summed E-state index contributed by atoms with van der Waals surface area (Å²) in [6.07, 6.45) is 4.36. The van der Waals surface area contributed by atoms with Crippen molar-refractivity contribution in [2.24, 2.45) is 11.7 Å². The van der Waals surface area contributed by atoms with Gasteiger partial charge in [0.2, 0.25) is 0 Å². The van der Waals surface area contributed by atoms with Gasteiger partial charge in [-0.25, -0.2) is 0 Å². The highest BCUT2D eigenvalue weighted by molar-refractivity contribution is 7.98. The first-order chi connectivity index (χ1) is 6.74. The maximum Gasteiger partial charge on any atom is 0.133 e. The molecule has 0 bridgehead atoms. The molecule has 1 aliphatic carbocycles. The van der Waals surface area contributed by atoms with Crippen molar-refractivity contribution in [3.63, 3.8) is 0 Å². The molecular weight excluding hydrogens is 194 g/mol. The van der Waals surface area contributed by atoms with E-state index < -0.39 is 0 Å². The van der Waals surface area contributed by atoms with Crippen LogP contribution in [-0.4, -0.2) is 11.4 Å². The van der Waals surface area contributed by atoms with Crippen molar-refractivity contribution in [3.05, 3.63) is 23.8 Å². The predicted molar refractivity (Wildman–Crippen MR) is 59.5 cm³/mol. The number of aromatic hydroxyl groups is 1. The van der Waals surface area contributed by atoms with Gasteiger partial charge in [-0.3, -0.25) is 0 Å². The van der Waals surface area contributed by atoms with Gasteiger partial charge in [-0.1, -0.05) is 12.1 Å². The SMILES string of the molecule is CSc1cccc([C@@H](N)C2CC2)c1O. The highest BCUT2D eigenvalue weighted by Gasteiger charge is 2.31. The molecule has 0 aromatic heterocycles. The number of phenols is 1. The zero-order valence-corrected chi connectivity index (χ0v) is 9.05. The van der Waals surface area contributed by atoms with Gasteiger partial charge in [0.1, 0.15) is 5.75 Å². The number of para-hydroxylation sites is 1. The zero-order valence-electron chi connectivity index (χ0n) is 8.23. The van der Waals surface area contributed by atoms with Gasteiger partial charge in [0.05, 0.1) is 0 Å². The summed E-state index contributed by atoms with van der Waals surface area (Å²) in [5.41, 5.74) is 6.96. The van der Waals surface area contributed by atoms with E-state index >= 15 is 0 Å². The molecule has 14 heavy (non-hydrogen) atoms. The van der Waals surface area contributed by atoms with E-state index in [1.54, 1.807) is 11.8 Å². The largest absolute Gasteiger partial charge is 0.506 e. The summed E-state index contributed by atoms with van der Waals surface area (Å²) in [5, 5.41) is 9.94. The normalized spacial score (nSPS) is 18.1. The second kappa shape index (κ2) is 3.83. The Bertz CT molecular complexity index is 336. The lowest BCUT2D eigenvalue weighted by atomic mass is 10.0. The van der Waals surface area contributed by atoms with Crippen LogP contribution in [0.25, 0.3) is 0 Å². The average Bonchev–Trinajstić information content (AvgIpc) is 3.00. The van der Waals surface area contributed by atoms with E-state index in [-0.39, 0.29) is 6.04 Å². The third kappa shape index (κ3) is 1.74. The molecule has 0 heterocycles. The van der Waals surface area contributed by atoms with Crippen LogP contribution < -0.4 is 5.73 Å². The summed E-state index contributed by atoms with van der Waals surface area (Å²) in [7, 11) is 0. The number of nitrogens with two attached hydrogens (primary N) is 1. The Kier molecular flexibility index (Phi) is 2.70. The summed E-state index contributed by atoms with van der Waals surface area (Å²) in [6, 6.07) is 5.83. The Morgan fingerprint density at radius 3 is 2.79 bits per heavy atom. The fourth-order valence-electron chi connectivity index (χ4n) is 1.68. The quantitative estimate of drug-likeness (QED) is 0.752. The first-order valence-electron chi connectivity index (χ1n) is 4.85. The Balaban J connectivity index is 2.31. The number of benzene rings is 1. The number of phenolic OH excluding ortho intramolecular Hbond substituents is 1. The number of thioether (sulfide) groups is 1. The van der Waals surface area contributed by atoms with Crippen LogP contribution >= 0.6 is 11.8 Å². The zero-order chi connectivity index (χ0) is 10.1. The maximum absolute atomic E-state index is 9.94. The maximum atomic E-state index is 9.94. The standard InChI is InChI=1S/C11H15NOS/c1-14-9-4-2-3-8(11(9)13)10(12)7-5-6-7/h2-4,7,10,13H,5-6,12H2,1H3/t10-/m0/s1. The molecule has 0 aliphatic heterocycles. The molecule has 1 fully saturated rings. The van der Waals surface area contributed by atoms with Crippen LogP contribution in [0, 0.1) is 5.92 Å². The molecule has 2 nitrogen and oxygen atoms in total. The molecule has 0 spiro atoms. The molecule has 2 rings (SSSR count). The third-order valence-corrected chi connectivity index (χ3v) is 3.51. The smallest absolute Gasteiger partial charge is 0.133 e. The van der Waals surface area contributed by atoms with Gasteiger partial charge in [0, 0.05) is 16.5 Å². The number of hydrogen-bond acceptors (Lipinski definition) is 3. The Morgan fingerprint density at radius 2 is 2.21 bits per heavy atom. The first-order valence-corrected chi connectivity index (χ1v) is 6.08. The van der Waals surface area contributed by atoms with E-state index in [2.05, 4.69) is 0 Å². The van der Waals surface area contributed by atoms with E-state index in [4.69, 9.17) is 5.73 Å². The lowest BCUT2D eigenvalue weighted by molar-refractivity contribution is 0.444. The molecule has 1 aromatic carbocycles. The van der Waals surface area contributed by atoms with Crippen LogP contribution in [0.3, 0.4) is 0 Å². The minimum Gasteiger partial charge on any atom is -0.506 e. The monoisotopic (exact) mass is 209 g/mol. The van der Waals surface area contributed by atoms with Crippen LogP contribution in [0.5, 0.6) is 5.75 Å². The van der Waals surface area contributed by atoms with Crippen LogP contribution in [0.4, 0.5) is 0 Å². The predicted octanol–water partition coefficient (Wildman–Crippen LogP) is 2.52. The summed E-state index contributed by atoms with van der Waals surface area (Å²) >= 11 is 1.55. The van der Waals surface area contributed by atoms with Gasteiger partial charge in [-0.05, 0) is 31.1 Å². The van der Waals surface area contributed by atoms with E-state index in [1.807, 2.05) is 24.5 Å². The van der Waals surface area contributed by atoms with E-state index in [0.29, 0.717) is 11.7 Å². The first kappa shape index (κ1) is 9.87. The second-order valence-electron chi connectivity index (χ2n) is 3.76. The van der Waals surface area contributed by atoms with Crippen molar-refractivity contribution in [3.8, 4) is 5.75 Å². The van der Waals surface area contributed by atoms with E-state index in [0.717, 1.165) is 10.5 Å². The summed E-state index contributed by atoms with van der Waals surface area (Å²) in [6.45, 7) is 0. The van der Waals surface area contributed by atoms with Crippen molar-refractivity contribution < 1.29 is 5.11 Å². The van der Waals surface area contributed by atoms with Crippen LogP contribution in [0.2, 0.25) is 0 Å². The minimum absolute atomic E-state index is 0.0158. The lowest BCUT2D eigenvalue weighted by Crippen LogP contribution is -2.12. The fourth-order valence-corrected chi connectivity index (χ4v) is 2.21. The highest BCUT2D eigenvalue weighted by Crippen LogP contribution is 2.43. The van der Waals surface area contributed by atoms with E-state index in [1.165, 1.54) is 12.8 Å². The van der Waals surface area contributed by atoms with Crippen LogP contribution in [0.15, 0.2) is 23.1 Å². The molecule has 0 unspecified atom stereocenters. The second-order valence-corrected chi connectivity index (χ2v) is 4.61. The van der Waals surface area contributed by atoms with Gasteiger partial charge in [-0.15, -0.1) is 11.8 Å². The molecule has 3 heteroatoms. The van der Waals surface area contributed by atoms with Gasteiger partial charge in [0.15, 0.2) is 0 Å². The molecule has 1 aromatic rings. The average molecular weight is 209 g/mol. The summed E-state index contributed by atoms with van der Waals surface area (Å²) < 4.78 is 0. The summed E-state index contributed by atoms with van der Waals surface area (Å²) in [5.74, 6) is 0.956. The number of hydrogen-bond donors (Lipinski definition) is 2. The molecule has 0 radical (unpaired) electrons. The lowest BCUT2D eigenvalue weighted by Gasteiger charge is -2.14. The molecule has 0 amide bonds. The Morgan fingerprint density at radius 1 is 1.50 bits per heavy atom. The Labute approximate surface area is 88.5 Å².